The first kappa shape index (κ1) is 12.6. The van der Waals surface area contributed by atoms with Crippen molar-refractivity contribution >= 4 is 5.97 Å². The van der Waals surface area contributed by atoms with Crippen molar-refractivity contribution < 1.29 is 23.4 Å². The third-order valence-corrected chi connectivity index (χ3v) is 1.98. The number of hydrogen-bond donors (Lipinski definition) is 1. The molecule has 1 N–H and O–H groups in total. The molecule has 0 saturated carbocycles. The van der Waals surface area contributed by atoms with E-state index >= 15 is 0 Å². The lowest BCUT2D eigenvalue weighted by Crippen LogP contribution is -2.32. The van der Waals surface area contributed by atoms with Crippen LogP contribution in [-0.2, 0) is 16.0 Å². The molecule has 0 aliphatic rings. The Balaban J connectivity index is 2.25. The summed E-state index contributed by atoms with van der Waals surface area (Å²) in [6, 6.07) is 9.30. The largest absolute Gasteiger partial charge is 0.475 e. The predicted octanol–water partition coefficient (Wildman–Crippen LogP) is 2.31. The molecule has 16 heavy (non-hydrogen) atoms. The van der Waals surface area contributed by atoms with Gasteiger partial charge in [-0.05, 0) is 18.4 Å². The molecule has 5 heteroatoms. The highest BCUT2D eigenvalue weighted by Crippen LogP contribution is 2.15. The topological polar surface area (TPSA) is 46.5 Å². The van der Waals surface area contributed by atoms with Crippen LogP contribution < -0.4 is 0 Å². The lowest BCUT2D eigenvalue weighted by Gasteiger charge is -2.11. The number of rotatable bonds is 6. The summed E-state index contributed by atoms with van der Waals surface area (Å²) < 4.78 is 28.9. The minimum absolute atomic E-state index is 0.284. The quantitative estimate of drug-likeness (QED) is 0.763. The number of carboxylic acids is 1. The molecule has 0 bridgehead atoms. The zero-order valence-electron chi connectivity index (χ0n) is 8.53. The molecule has 0 aliphatic carbocycles. The number of carboxylic acid groups (broad SMARTS) is 1. The molecule has 0 atom stereocenters. The standard InChI is InChI=1S/C11H12F2O3/c12-11(13,10(14)15)16-8-4-7-9-5-2-1-3-6-9/h1-3,5-6H,4,7-8H2,(H,14,15). The van der Waals surface area contributed by atoms with Gasteiger partial charge in [0.1, 0.15) is 0 Å². The summed E-state index contributed by atoms with van der Waals surface area (Å²) in [6.45, 7) is -0.284. The maximum atomic E-state index is 12.5. The van der Waals surface area contributed by atoms with Gasteiger partial charge in [0.25, 0.3) is 0 Å². The van der Waals surface area contributed by atoms with Crippen LogP contribution in [0.4, 0.5) is 8.78 Å². The average molecular weight is 230 g/mol. The third kappa shape index (κ3) is 3.94. The Bertz CT molecular complexity index is 338. The van der Waals surface area contributed by atoms with E-state index in [1.165, 1.54) is 0 Å². The summed E-state index contributed by atoms with van der Waals surface area (Å²) in [5.41, 5.74) is 1.00. The second-order valence-electron chi connectivity index (χ2n) is 3.26. The van der Waals surface area contributed by atoms with Crippen LogP contribution in [-0.4, -0.2) is 23.8 Å². The van der Waals surface area contributed by atoms with Crippen LogP contribution in [0.5, 0.6) is 0 Å². The molecule has 0 aromatic heterocycles. The molecule has 1 aromatic rings. The van der Waals surface area contributed by atoms with Gasteiger partial charge >= 0.3 is 12.1 Å². The van der Waals surface area contributed by atoms with Crippen LogP contribution in [0.3, 0.4) is 0 Å². The van der Waals surface area contributed by atoms with Crippen LogP contribution in [0.1, 0.15) is 12.0 Å². The van der Waals surface area contributed by atoms with Gasteiger partial charge in [-0.25, -0.2) is 4.79 Å². The van der Waals surface area contributed by atoms with Gasteiger partial charge in [-0.2, -0.15) is 8.78 Å². The number of carbonyl (C=O) groups is 1. The SMILES string of the molecule is O=C(O)C(F)(F)OCCCc1ccccc1. The highest BCUT2D eigenvalue weighted by molar-refractivity contribution is 5.73. The molecule has 88 valence electrons. The fraction of sp³-hybridized carbons (Fsp3) is 0.364. The summed E-state index contributed by atoms with van der Waals surface area (Å²) in [4.78, 5) is 10.0. The van der Waals surface area contributed by atoms with Gasteiger partial charge in [0.15, 0.2) is 0 Å². The van der Waals surface area contributed by atoms with E-state index in [1.54, 1.807) is 0 Å². The monoisotopic (exact) mass is 230 g/mol. The van der Waals surface area contributed by atoms with Gasteiger partial charge in [-0.1, -0.05) is 30.3 Å². The maximum Gasteiger partial charge on any atom is 0.455 e. The first-order chi connectivity index (χ1) is 7.52. The smallest absolute Gasteiger partial charge is 0.455 e. The first-order valence-electron chi connectivity index (χ1n) is 4.81. The molecule has 1 aromatic carbocycles. The Morgan fingerprint density at radius 2 is 1.94 bits per heavy atom. The van der Waals surface area contributed by atoms with Crippen molar-refractivity contribution in [3.63, 3.8) is 0 Å². The average Bonchev–Trinajstić information content (AvgIpc) is 2.26. The number of ether oxygens (including phenoxy) is 1. The summed E-state index contributed by atoms with van der Waals surface area (Å²) in [5.74, 6) is -2.26. The fourth-order valence-corrected chi connectivity index (χ4v) is 1.18. The van der Waals surface area contributed by atoms with Crippen LogP contribution in [0.15, 0.2) is 30.3 Å². The lowest BCUT2D eigenvalue weighted by atomic mass is 10.1. The van der Waals surface area contributed by atoms with Crippen molar-refractivity contribution in [2.45, 2.75) is 19.0 Å². The van der Waals surface area contributed by atoms with Crippen molar-refractivity contribution in [2.24, 2.45) is 0 Å². The Morgan fingerprint density at radius 3 is 2.50 bits per heavy atom. The molecule has 0 amide bonds. The molecule has 0 fully saturated rings. The molecule has 0 saturated heterocycles. The van der Waals surface area contributed by atoms with E-state index < -0.39 is 12.1 Å². The molecule has 0 radical (unpaired) electrons. The maximum absolute atomic E-state index is 12.5. The Kier molecular flexibility index (Phi) is 4.37. The van der Waals surface area contributed by atoms with Crippen LogP contribution in [0.2, 0.25) is 0 Å². The van der Waals surface area contributed by atoms with Crippen molar-refractivity contribution in [3.8, 4) is 0 Å². The molecular weight excluding hydrogens is 218 g/mol. The van der Waals surface area contributed by atoms with E-state index in [9.17, 15) is 13.6 Å². The zero-order valence-corrected chi connectivity index (χ0v) is 8.53. The summed E-state index contributed by atoms with van der Waals surface area (Å²) in [5, 5.41) is 8.08. The Hall–Kier alpha value is -1.49. The molecule has 0 aliphatic heterocycles. The van der Waals surface area contributed by atoms with Crippen LogP contribution in [0, 0.1) is 0 Å². The minimum atomic E-state index is -4.09. The highest BCUT2D eigenvalue weighted by atomic mass is 19.3. The molecular formula is C11H12F2O3. The molecule has 0 unspecified atom stereocenters. The van der Waals surface area contributed by atoms with Crippen molar-refractivity contribution in [3.05, 3.63) is 35.9 Å². The number of hydrogen-bond acceptors (Lipinski definition) is 2. The normalized spacial score (nSPS) is 11.4. The van der Waals surface area contributed by atoms with Gasteiger partial charge < -0.3 is 9.84 Å². The predicted molar refractivity (Wildman–Crippen MR) is 53.3 cm³/mol. The second kappa shape index (κ2) is 5.55. The third-order valence-electron chi connectivity index (χ3n) is 1.98. The minimum Gasteiger partial charge on any atom is -0.475 e. The van der Waals surface area contributed by atoms with Crippen molar-refractivity contribution in [1.29, 1.82) is 0 Å². The molecule has 3 nitrogen and oxygen atoms in total. The fourth-order valence-electron chi connectivity index (χ4n) is 1.18. The van der Waals surface area contributed by atoms with Gasteiger partial charge in [0, 0.05) is 0 Å². The Morgan fingerprint density at radius 1 is 1.31 bits per heavy atom. The number of halogens is 2. The number of alkyl halides is 2. The van der Waals surface area contributed by atoms with Gasteiger partial charge in [-0.3, -0.25) is 0 Å². The van der Waals surface area contributed by atoms with Crippen LogP contribution in [0.25, 0.3) is 0 Å². The van der Waals surface area contributed by atoms with Gasteiger partial charge in [-0.15, -0.1) is 0 Å². The van der Waals surface area contributed by atoms with E-state index in [-0.39, 0.29) is 6.61 Å². The Labute approximate surface area is 91.7 Å². The number of aryl methyl sites for hydroxylation is 1. The summed E-state index contributed by atoms with van der Waals surface area (Å²) in [7, 11) is 0. The van der Waals surface area contributed by atoms with E-state index in [0.29, 0.717) is 12.8 Å². The lowest BCUT2D eigenvalue weighted by molar-refractivity contribution is -0.245. The zero-order chi connectivity index (χ0) is 12.0. The van der Waals surface area contributed by atoms with Crippen molar-refractivity contribution in [1.82, 2.24) is 0 Å². The van der Waals surface area contributed by atoms with E-state index in [0.717, 1.165) is 5.56 Å². The molecule has 0 spiro atoms. The van der Waals surface area contributed by atoms with E-state index in [1.807, 2.05) is 30.3 Å². The van der Waals surface area contributed by atoms with Crippen LogP contribution >= 0.6 is 0 Å². The summed E-state index contributed by atoms with van der Waals surface area (Å²) in [6.07, 6.45) is -3.15. The second-order valence-corrected chi connectivity index (χ2v) is 3.26. The molecule has 1 rings (SSSR count). The van der Waals surface area contributed by atoms with E-state index in [2.05, 4.69) is 4.74 Å². The van der Waals surface area contributed by atoms with Gasteiger partial charge in [0.05, 0.1) is 6.61 Å². The highest BCUT2D eigenvalue weighted by Gasteiger charge is 2.40. The first-order valence-corrected chi connectivity index (χ1v) is 4.81. The van der Waals surface area contributed by atoms with Crippen molar-refractivity contribution in [2.75, 3.05) is 6.61 Å². The van der Waals surface area contributed by atoms with Gasteiger partial charge in [0.2, 0.25) is 0 Å². The molecule has 0 heterocycles. The summed E-state index contributed by atoms with van der Waals surface area (Å²) >= 11 is 0. The van der Waals surface area contributed by atoms with E-state index in [4.69, 9.17) is 5.11 Å². The number of benzene rings is 1. The number of aliphatic carboxylic acids is 1.